The van der Waals surface area contributed by atoms with Gasteiger partial charge in [0.1, 0.15) is 0 Å². The second-order valence-corrected chi connectivity index (χ2v) is 6.32. The molecule has 1 fully saturated rings. The lowest BCUT2D eigenvalue weighted by Gasteiger charge is -2.30. The Bertz CT molecular complexity index is 456. The number of aliphatic hydroxyl groups is 1. The predicted molar refractivity (Wildman–Crippen MR) is 73.1 cm³/mol. The van der Waals surface area contributed by atoms with Crippen molar-refractivity contribution in [1.29, 1.82) is 0 Å². The van der Waals surface area contributed by atoms with Gasteiger partial charge in [-0.3, -0.25) is 0 Å². The van der Waals surface area contributed by atoms with Crippen LogP contribution >= 0.6 is 0 Å². The summed E-state index contributed by atoms with van der Waals surface area (Å²) in [6.07, 6.45) is 1.83. The van der Waals surface area contributed by atoms with Gasteiger partial charge >= 0.3 is 0 Å². The summed E-state index contributed by atoms with van der Waals surface area (Å²) >= 11 is 0. The van der Waals surface area contributed by atoms with Crippen molar-refractivity contribution in [3.05, 3.63) is 23.9 Å². The van der Waals surface area contributed by atoms with E-state index in [2.05, 4.69) is 18.8 Å². The Kier molecular flexibility index (Phi) is 3.58. The summed E-state index contributed by atoms with van der Waals surface area (Å²) in [5, 5.41) is 10.7. The molecule has 2 heterocycles. The molecule has 1 aliphatic rings. The fraction of sp³-hybridized carbons (Fsp3) is 0.667. The summed E-state index contributed by atoms with van der Waals surface area (Å²) in [5.41, 5.74) is 0.137. The molecule has 0 aliphatic carbocycles. The number of hydrogen-bond donors (Lipinski definition) is 1. The van der Waals surface area contributed by atoms with Crippen molar-refractivity contribution < 1.29 is 14.6 Å². The molecule has 1 aromatic rings. The first-order valence-corrected chi connectivity index (χ1v) is 6.64. The summed E-state index contributed by atoms with van der Waals surface area (Å²) in [6, 6.07) is 3.67. The quantitative estimate of drug-likeness (QED) is 0.913. The molecule has 2 rings (SSSR count). The number of aromatic nitrogens is 1. The molecule has 0 aromatic carbocycles. The normalized spacial score (nSPS) is 26.1. The minimum atomic E-state index is -0.638. The highest BCUT2D eigenvalue weighted by molar-refractivity contribution is 5.29. The monoisotopic (exact) mass is 265 g/mol. The van der Waals surface area contributed by atoms with E-state index in [1.807, 2.05) is 26.0 Å². The molecule has 1 saturated heterocycles. The zero-order valence-electron chi connectivity index (χ0n) is 12.3. The van der Waals surface area contributed by atoms with Crippen LogP contribution in [0.25, 0.3) is 0 Å². The van der Waals surface area contributed by atoms with E-state index >= 15 is 0 Å². The largest absolute Gasteiger partial charge is 0.481 e. The number of methoxy groups -OCH3 is 1. The summed E-state index contributed by atoms with van der Waals surface area (Å²) in [5.74, 6) is 0.496. The van der Waals surface area contributed by atoms with Crippen LogP contribution in [0.5, 0.6) is 5.88 Å². The maximum absolute atomic E-state index is 10.7. The molecule has 4 nitrogen and oxygen atoms in total. The van der Waals surface area contributed by atoms with Crippen LogP contribution in [0, 0.1) is 5.92 Å². The fourth-order valence-electron chi connectivity index (χ4n) is 3.11. The maximum Gasteiger partial charge on any atom is 0.218 e. The third kappa shape index (κ3) is 2.74. The lowest BCUT2D eigenvalue weighted by molar-refractivity contribution is -0.0882. The first-order chi connectivity index (χ1) is 8.77. The van der Waals surface area contributed by atoms with E-state index in [4.69, 9.17) is 9.47 Å². The molecule has 1 aromatic heterocycles. The fourth-order valence-corrected chi connectivity index (χ4v) is 3.11. The average Bonchev–Trinajstić information content (AvgIpc) is 2.56. The van der Waals surface area contributed by atoms with Crippen LogP contribution in [0.1, 0.15) is 45.8 Å². The van der Waals surface area contributed by atoms with Gasteiger partial charge in [0.15, 0.2) is 0 Å². The minimum Gasteiger partial charge on any atom is -0.481 e. The van der Waals surface area contributed by atoms with Gasteiger partial charge in [-0.1, -0.05) is 0 Å². The second-order valence-electron chi connectivity index (χ2n) is 6.32. The summed E-state index contributed by atoms with van der Waals surface area (Å²) in [4.78, 5) is 4.15. The van der Waals surface area contributed by atoms with Crippen molar-refractivity contribution in [2.45, 2.75) is 51.4 Å². The van der Waals surface area contributed by atoms with Crippen LogP contribution in [-0.2, 0) is 4.74 Å². The van der Waals surface area contributed by atoms with Gasteiger partial charge in [-0.25, -0.2) is 4.98 Å². The van der Waals surface area contributed by atoms with E-state index in [0.717, 1.165) is 12.0 Å². The standard InChI is InChI=1S/C15H23NO3/c1-14(2)9-11(15(3,4)19-14)12(17)10-7-6-8-16-13(10)18-5/h6-8,11-12,17H,9H2,1-5H3. The number of ether oxygens (including phenoxy) is 2. The predicted octanol–water partition coefficient (Wildman–Crippen LogP) is 2.72. The van der Waals surface area contributed by atoms with Gasteiger partial charge < -0.3 is 14.6 Å². The highest BCUT2D eigenvalue weighted by Gasteiger charge is 2.49. The molecule has 1 N–H and O–H groups in total. The van der Waals surface area contributed by atoms with Gasteiger partial charge in [-0.2, -0.15) is 0 Å². The molecule has 0 amide bonds. The topological polar surface area (TPSA) is 51.6 Å². The molecular formula is C15H23NO3. The van der Waals surface area contributed by atoms with E-state index in [9.17, 15) is 5.11 Å². The number of hydrogen-bond acceptors (Lipinski definition) is 4. The average molecular weight is 265 g/mol. The number of pyridine rings is 1. The zero-order valence-corrected chi connectivity index (χ0v) is 12.3. The molecule has 19 heavy (non-hydrogen) atoms. The molecule has 106 valence electrons. The van der Waals surface area contributed by atoms with Crippen molar-refractivity contribution in [1.82, 2.24) is 4.98 Å². The van der Waals surface area contributed by atoms with Gasteiger partial charge in [0.2, 0.25) is 5.88 Å². The summed E-state index contributed by atoms with van der Waals surface area (Å²) in [7, 11) is 1.57. The molecule has 4 heteroatoms. The molecule has 1 aliphatic heterocycles. The van der Waals surface area contributed by atoms with Crippen LogP contribution in [0.2, 0.25) is 0 Å². The lowest BCUT2D eigenvalue weighted by Crippen LogP contribution is -2.32. The van der Waals surface area contributed by atoms with Gasteiger partial charge in [-0.15, -0.1) is 0 Å². The zero-order chi connectivity index (χ0) is 14.3. The first kappa shape index (κ1) is 14.3. The van der Waals surface area contributed by atoms with Crippen LogP contribution in [0.4, 0.5) is 0 Å². The maximum atomic E-state index is 10.7. The van der Waals surface area contributed by atoms with Crippen molar-refractivity contribution in [2.75, 3.05) is 7.11 Å². The van der Waals surface area contributed by atoms with Gasteiger partial charge in [0.05, 0.1) is 24.4 Å². The Hall–Kier alpha value is -1.13. The lowest BCUT2D eigenvalue weighted by atomic mass is 9.81. The van der Waals surface area contributed by atoms with Crippen LogP contribution < -0.4 is 4.74 Å². The van der Waals surface area contributed by atoms with Crippen molar-refractivity contribution in [3.63, 3.8) is 0 Å². The third-order valence-corrected chi connectivity index (χ3v) is 3.84. The SMILES string of the molecule is COc1ncccc1C(O)C1CC(C)(C)OC1(C)C. The Morgan fingerprint density at radius 2 is 2.11 bits per heavy atom. The number of nitrogens with zero attached hydrogens (tertiary/aromatic N) is 1. The molecular weight excluding hydrogens is 242 g/mol. The Balaban J connectivity index is 2.31. The molecule has 0 spiro atoms. The van der Waals surface area contributed by atoms with Gasteiger partial charge in [-0.05, 0) is 46.2 Å². The van der Waals surface area contributed by atoms with E-state index in [-0.39, 0.29) is 17.1 Å². The summed E-state index contributed by atoms with van der Waals surface area (Å²) < 4.78 is 11.3. The van der Waals surface area contributed by atoms with Crippen LogP contribution in [-0.4, -0.2) is 28.4 Å². The van der Waals surface area contributed by atoms with Crippen LogP contribution in [0.15, 0.2) is 18.3 Å². The molecule has 0 bridgehead atoms. The number of aliphatic hydroxyl groups excluding tert-OH is 1. The highest BCUT2D eigenvalue weighted by atomic mass is 16.5. The summed E-state index contributed by atoms with van der Waals surface area (Å²) in [6.45, 7) is 8.17. The number of rotatable bonds is 3. The first-order valence-electron chi connectivity index (χ1n) is 6.64. The second kappa shape index (κ2) is 4.76. The Morgan fingerprint density at radius 1 is 1.42 bits per heavy atom. The molecule has 2 unspecified atom stereocenters. The smallest absolute Gasteiger partial charge is 0.218 e. The third-order valence-electron chi connectivity index (χ3n) is 3.84. The van der Waals surface area contributed by atoms with Crippen molar-refractivity contribution >= 4 is 0 Å². The van der Waals surface area contributed by atoms with E-state index in [0.29, 0.717) is 5.88 Å². The van der Waals surface area contributed by atoms with Crippen LogP contribution in [0.3, 0.4) is 0 Å². The van der Waals surface area contributed by atoms with Gasteiger partial charge in [0, 0.05) is 17.7 Å². The van der Waals surface area contributed by atoms with E-state index in [1.165, 1.54) is 0 Å². The Labute approximate surface area is 114 Å². The molecule has 0 radical (unpaired) electrons. The van der Waals surface area contributed by atoms with Crippen molar-refractivity contribution in [3.8, 4) is 5.88 Å². The van der Waals surface area contributed by atoms with E-state index < -0.39 is 6.10 Å². The highest BCUT2D eigenvalue weighted by Crippen LogP contribution is 2.48. The van der Waals surface area contributed by atoms with E-state index in [1.54, 1.807) is 13.3 Å². The Morgan fingerprint density at radius 3 is 2.63 bits per heavy atom. The molecule has 0 saturated carbocycles. The van der Waals surface area contributed by atoms with Crippen molar-refractivity contribution in [2.24, 2.45) is 5.92 Å². The van der Waals surface area contributed by atoms with Gasteiger partial charge in [0.25, 0.3) is 0 Å². The molecule has 2 atom stereocenters. The minimum absolute atomic E-state index is 0.0144.